The van der Waals surface area contributed by atoms with Gasteiger partial charge in [-0.25, -0.2) is 4.98 Å². The summed E-state index contributed by atoms with van der Waals surface area (Å²) in [7, 11) is 0. The number of hydrogen-bond acceptors (Lipinski definition) is 4. The molecule has 0 aliphatic carbocycles. The van der Waals surface area contributed by atoms with Crippen LogP contribution in [0.25, 0.3) is 111 Å². The number of fused-ring (bicyclic) bond motifs is 10. The fraction of sp³-hybridized carbons (Fsp3) is 0. The summed E-state index contributed by atoms with van der Waals surface area (Å²) in [6.07, 6.45) is 0. The van der Waals surface area contributed by atoms with E-state index >= 15 is 0 Å². The van der Waals surface area contributed by atoms with Gasteiger partial charge >= 0.3 is 0 Å². The second-order valence-corrected chi connectivity index (χ2v) is 12.1. The summed E-state index contributed by atoms with van der Waals surface area (Å²) in [5.74, 6) is -2.95. The third-order valence-corrected chi connectivity index (χ3v) is 9.04. The van der Waals surface area contributed by atoms with Crippen molar-refractivity contribution in [3.63, 3.8) is 0 Å². The molecule has 0 atom stereocenters. The standard InChI is InChI=1S/C51H31N5O/c1-3-15-32(16-4-1)33-17-13-18-34(31-33)49-52-50(41-25-14-24-39-37-22-9-12-28-45(37)57-48(39)41)54-51(53-49)56-43-27-11-8-23-40(43)46-44(56)30-29-38-36-21-7-10-26-42(36)55(47(38)46)35-19-5-2-6-20-35/h1-31H/i1D,2D,3D,4D,5D,6D,7D,8D,9D,10D,11D,12D,13D,14D,15D,16D,17D,18D,19D,20D,21D,22D,23D,24D,25D,26D,27D,28D,29D,30D,31D. The highest BCUT2D eigenvalue weighted by atomic mass is 16.3. The van der Waals surface area contributed by atoms with E-state index in [2.05, 4.69) is 15.0 Å². The molecule has 0 spiro atoms. The van der Waals surface area contributed by atoms with E-state index in [1.807, 2.05) is 0 Å². The van der Waals surface area contributed by atoms with Crippen molar-refractivity contribution >= 4 is 65.6 Å². The maximum Gasteiger partial charge on any atom is 0.238 e. The number of benzene rings is 8. The number of nitrogens with zero attached hydrogens (tertiary/aromatic N) is 5. The first-order valence-corrected chi connectivity index (χ1v) is 16.6. The van der Waals surface area contributed by atoms with Gasteiger partial charge in [-0.05, 0) is 59.5 Å². The Labute approximate surface area is 370 Å². The summed E-state index contributed by atoms with van der Waals surface area (Å²) in [6, 6.07) is -29.3. The molecule has 12 aromatic rings. The third-order valence-electron chi connectivity index (χ3n) is 9.04. The Morgan fingerprint density at radius 3 is 1.89 bits per heavy atom. The lowest BCUT2D eigenvalue weighted by Crippen LogP contribution is -2.06. The van der Waals surface area contributed by atoms with Crippen molar-refractivity contribution in [2.75, 3.05) is 0 Å². The summed E-state index contributed by atoms with van der Waals surface area (Å²) < 4.78 is 287. The molecule has 6 nitrogen and oxygen atoms in total. The lowest BCUT2D eigenvalue weighted by atomic mass is 10.0. The Bertz CT molecular complexity index is 5300. The lowest BCUT2D eigenvalue weighted by Gasteiger charge is -2.12. The van der Waals surface area contributed by atoms with Gasteiger partial charge in [0.15, 0.2) is 11.6 Å². The lowest BCUT2D eigenvalue weighted by molar-refractivity contribution is 0.669. The van der Waals surface area contributed by atoms with Crippen LogP contribution in [0, 0.1) is 0 Å². The highest BCUT2D eigenvalue weighted by molar-refractivity contribution is 6.26. The predicted octanol–water partition coefficient (Wildman–Crippen LogP) is 13.0. The zero-order valence-electron chi connectivity index (χ0n) is 59.1. The molecule has 6 heteroatoms. The van der Waals surface area contributed by atoms with Gasteiger partial charge in [-0.2, -0.15) is 9.97 Å². The second-order valence-electron chi connectivity index (χ2n) is 12.1. The molecule has 0 N–H and O–H groups in total. The van der Waals surface area contributed by atoms with E-state index in [1.165, 1.54) is 0 Å². The van der Waals surface area contributed by atoms with Crippen molar-refractivity contribution in [3.8, 4) is 45.5 Å². The third kappa shape index (κ3) is 4.81. The number of rotatable bonds is 5. The Kier molecular flexibility index (Phi) is 2.97. The molecule has 0 bridgehead atoms. The molecule has 0 saturated heterocycles. The van der Waals surface area contributed by atoms with Crippen LogP contribution in [0.3, 0.4) is 0 Å². The summed E-state index contributed by atoms with van der Waals surface area (Å²) in [5, 5.41) is -3.38. The molecule has 0 saturated carbocycles. The topological polar surface area (TPSA) is 61.7 Å². The van der Waals surface area contributed by atoms with Gasteiger partial charge in [-0.3, -0.25) is 4.57 Å². The molecular formula is C51H31N5O. The molecule has 4 aromatic heterocycles. The van der Waals surface area contributed by atoms with Crippen LogP contribution in [0.2, 0.25) is 0 Å². The molecule has 0 radical (unpaired) electrons. The zero-order chi connectivity index (χ0) is 64.4. The maximum absolute atomic E-state index is 9.93. The van der Waals surface area contributed by atoms with E-state index in [0.29, 0.717) is 4.57 Å². The van der Waals surface area contributed by atoms with Gasteiger partial charge < -0.3 is 8.98 Å². The Morgan fingerprint density at radius 2 is 1.05 bits per heavy atom. The first kappa shape index (κ1) is 13.7. The molecule has 0 amide bonds. The largest absolute Gasteiger partial charge is 0.455 e. The van der Waals surface area contributed by atoms with Crippen molar-refractivity contribution in [2.24, 2.45) is 0 Å². The molecule has 4 heterocycles. The summed E-state index contributed by atoms with van der Waals surface area (Å²) in [6.45, 7) is 0. The van der Waals surface area contributed by atoms with Crippen molar-refractivity contribution in [1.82, 2.24) is 24.1 Å². The molecule has 0 aliphatic rings. The van der Waals surface area contributed by atoms with Crippen LogP contribution in [0.1, 0.15) is 42.5 Å². The minimum absolute atomic E-state index is 0.467. The number of hydrogen-bond donors (Lipinski definition) is 0. The van der Waals surface area contributed by atoms with Crippen LogP contribution in [0.15, 0.2) is 192 Å². The van der Waals surface area contributed by atoms with Gasteiger partial charge in [-0.1, -0.05) is 139 Å². The van der Waals surface area contributed by atoms with Crippen molar-refractivity contribution in [2.45, 2.75) is 0 Å². The first-order chi connectivity index (χ1) is 41.2. The molecule has 57 heavy (non-hydrogen) atoms. The number of aromatic nitrogens is 5. The highest BCUT2D eigenvalue weighted by Gasteiger charge is 2.24. The van der Waals surface area contributed by atoms with Crippen molar-refractivity contribution < 1.29 is 46.9 Å². The van der Waals surface area contributed by atoms with Gasteiger partial charge in [0.05, 0.1) is 70.1 Å². The smallest absolute Gasteiger partial charge is 0.238 e. The normalized spacial score (nSPS) is 19.5. The second kappa shape index (κ2) is 12.3. The van der Waals surface area contributed by atoms with E-state index < -0.39 is 298 Å². The molecule has 266 valence electrons. The van der Waals surface area contributed by atoms with E-state index in [-0.39, 0.29) is 0 Å². The molecule has 8 aromatic carbocycles. The molecule has 0 fully saturated rings. The fourth-order valence-corrected chi connectivity index (χ4v) is 6.73. The highest BCUT2D eigenvalue weighted by Crippen LogP contribution is 2.42. The minimum Gasteiger partial charge on any atom is -0.455 e. The monoisotopic (exact) mass is 760 g/mol. The fourth-order valence-electron chi connectivity index (χ4n) is 6.73. The van der Waals surface area contributed by atoms with Crippen LogP contribution < -0.4 is 0 Å². The van der Waals surface area contributed by atoms with Gasteiger partial charge in [0.2, 0.25) is 5.95 Å². The Hall–Kier alpha value is -7.83. The number of para-hydroxylation sites is 5. The van der Waals surface area contributed by atoms with Gasteiger partial charge in [0.25, 0.3) is 0 Å². The van der Waals surface area contributed by atoms with Crippen LogP contribution >= 0.6 is 0 Å². The maximum atomic E-state index is 9.93. The minimum atomic E-state index is -1.08. The number of furan rings is 1. The van der Waals surface area contributed by atoms with E-state index in [0.717, 1.165) is 4.57 Å². The Morgan fingerprint density at radius 1 is 0.421 bits per heavy atom. The molecular weight excluding hydrogens is 699 g/mol. The van der Waals surface area contributed by atoms with Crippen LogP contribution in [-0.4, -0.2) is 24.1 Å². The molecule has 12 rings (SSSR count). The van der Waals surface area contributed by atoms with Crippen molar-refractivity contribution in [1.29, 1.82) is 0 Å². The summed E-state index contributed by atoms with van der Waals surface area (Å²) in [4.78, 5) is 13.7. The summed E-state index contributed by atoms with van der Waals surface area (Å²) in [5.41, 5.74) is -8.20. The van der Waals surface area contributed by atoms with Crippen LogP contribution in [-0.2, 0) is 0 Å². The SMILES string of the molecule is [2H]c1c([2H])c([2H])c(-c2c([2H])c([2H])c([2H])c(-c3nc(-c4c([2H])c([2H])c([2H])c5c4oc4c([2H])c([2H])c([2H])c([2H])c45)nc(-n4c5c([2H])c([2H])c([2H])c([2H])c5c5c4c([2H])c([2H])c4c6c([2H])c([2H])c([2H])c([2H])c6n(-c6c([2H])c([2H])c([2H])c([2H])c6[2H])c45)n3)c2[2H])c([2H])c1[2H]. The van der Waals surface area contributed by atoms with Gasteiger partial charge in [-0.15, -0.1) is 0 Å². The average Bonchev–Trinajstić information content (AvgIpc) is 1.51. The summed E-state index contributed by atoms with van der Waals surface area (Å²) >= 11 is 0. The molecule has 0 unspecified atom stereocenters. The predicted molar refractivity (Wildman–Crippen MR) is 232 cm³/mol. The Balaban J connectivity index is 1.37. The first-order valence-electron chi connectivity index (χ1n) is 32.1. The zero-order valence-corrected chi connectivity index (χ0v) is 28.1. The van der Waals surface area contributed by atoms with Gasteiger partial charge in [0.1, 0.15) is 11.2 Å². The average molecular weight is 761 g/mol. The van der Waals surface area contributed by atoms with Gasteiger partial charge in [0, 0.05) is 43.6 Å². The van der Waals surface area contributed by atoms with E-state index in [9.17, 15) is 15.1 Å². The van der Waals surface area contributed by atoms with Crippen LogP contribution in [0.5, 0.6) is 0 Å². The quantitative estimate of drug-likeness (QED) is 0.175. The van der Waals surface area contributed by atoms with Crippen molar-refractivity contribution in [3.05, 3.63) is 187 Å². The van der Waals surface area contributed by atoms with Crippen LogP contribution in [0.4, 0.5) is 0 Å². The molecule has 0 aliphatic heterocycles. The van der Waals surface area contributed by atoms with E-state index in [1.54, 1.807) is 0 Å². The van der Waals surface area contributed by atoms with E-state index in [4.69, 9.17) is 31.8 Å².